The zero-order chi connectivity index (χ0) is 17.3. The average molecular weight is 326 g/mol. The van der Waals surface area contributed by atoms with Gasteiger partial charge in [0.2, 0.25) is 0 Å². The Labute approximate surface area is 133 Å². The third kappa shape index (κ3) is 3.65. The summed E-state index contributed by atoms with van der Waals surface area (Å²) in [5.41, 5.74) is -0.945. The summed E-state index contributed by atoms with van der Waals surface area (Å²) in [6, 6.07) is 3.37. The van der Waals surface area contributed by atoms with Gasteiger partial charge in [-0.05, 0) is 20.8 Å². The maximum Gasteiger partial charge on any atom is 0.521 e. The number of halogens is 1. The highest BCUT2D eigenvalue weighted by molar-refractivity contribution is 5.83. The van der Waals surface area contributed by atoms with Gasteiger partial charge in [0, 0.05) is 25.2 Å². The van der Waals surface area contributed by atoms with E-state index >= 15 is 0 Å². The number of rotatable bonds is 2. The number of carbonyl (C=O) groups is 1. The number of hydrogen-bond donors (Lipinski definition) is 1. The fraction of sp³-hybridized carbons (Fsp3) is 0.533. The Balaban J connectivity index is 2.46. The van der Waals surface area contributed by atoms with Crippen LogP contribution in [0.2, 0.25) is 0 Å². The van der Waals surface area contributed by atoms with Gasteiger partial charge < -0.3 is 10.1 Å². The van der Waals surface area contributed by atoms with Crippen molar-refractivity contribution in [2.24, 2.45) is 0 Å². The number of benzene rings is 1. The number of nitro groups is 1. The monoisotopic (exact) mass is 326 g/mol. The SMILES string of the molecule is CC(C)(C)OC(=O)[N+]1(c2ccc([N+](=O)[O-])cc2F)CCNCC1. The lowest BCUT2D eigenvalue weighted by Crippen LogP contribution is -2.64. The van der Waals surface area contributed by atoms with E-state index in [9.17, 15) is 19.3 Å². The molecule has 0 aromatic heterocycles. The Morgan fingerprint density at radius 2 is 1.96 bits per heavy atom. The second-order valence-corrected chi connectivity index (χ2v) is 6.54. The largest absolute Gasteiger partial charge is 0.521 e. The van der Waals surface area contributed by atoms with Gasteiger partial charge in [-0.2, -0.15) is 9.28 Å². The molecule has 0 spiro atoms. The van der Waals surface area contributed by atoms with Crippen LogP contribution in [0.15, 0.2) is 18.2 Å². The van der Waals surface area contributed by atoms with Gasteiger partial charge in [0.1, 0.15) is 18.7 Å². The zero-order valence-corrected chi connectivity index (χ0v) is 13.5. The molecule has 1 N–H and O–H groups in total. The molecule has 0 aliphatic carbocycles. The van der Waals surface area contributed by atoms with Crippen molar-refractivity contribution in [3.05, 3.63) is 34.1 Å². The molecule has 0 bridgehead atoms. The molecule has 0 saturated carbocycles. The number of ether oxygens (including phenoxy) is 1. The van der Waals surface area contributed by atoms with Crippen LogP contribution in [0.1, 0.15) is 20.8 Å². The third-order valence-corrected chi connectivity index (χ3v) is 3.69. The molecular weight excluding hydrogens is 305 g/mol. The van der Waals surface area contributed by atoms with Gasteiger partial charge in [-0.25, -0.2) is 4.39 Å². The van der Waals surface area contributed by atoms with E-state index in [0.29, 0.717) is 26.2 Å². The van der Waals surface area contributed by atoms with Crippen LogP contribution in [0.4, 0.5) is 20.6 Å². The molecule has 1 aromatic rings. The number of quaternary nitrogens is 1. The van der Waals surface area contributed by atoms with Crippen LogP contribution >= 0.6 is 0 Å². The molecule has 1 fully saturated rings. The van der Waals surface area contributed by atoms with E-state index < -0.39 is 22.4 Å². The van der Waals surface area contributed by atoms with Crippen LogP contribution in [0, 0.1) is 15.9 Å². The van der Waals surface area contributed by atoms with E-state index in [1.165, 1.54) is 12.1 Å². The number of nitrogens with zero attached hydrogens (tertiary/aromatic N) is 2. The van der Waals surface area contributed by atoms with Crippen LogP contribution in [0.3, 0.4) is 0 Å². The zero-order valence-electron chi connectivity index (χ0n) is 13.5. The molecule has 1 aliphatic heterocycles. The molecule has 0 atom stereocenters. The second-order valence-electron chi connectivity index (χ2n) is 6.54. The summed E-state index contributed by atoms with van der Waals surface area (Å²) in [7, 11) is 0. The molecule has 2 rings (SSSR count). The molecule has 7 nitrogen and oxygen atoms in total. The Morgan fingerprint density at radius 1 is 1.35 bits per heavy atom. The number of non-ortho nitro benzene ring substituents is 1. The molecule has 1 amide bonds. The van der Waals surface area contributed by atoms with Crippen molar-refractivity contribution in [2.45, 2.75) is 26.4 Å². The van der Waals surface area contributed by atoms with E-state index in [4.69, 9.17) is 4.74 Å². The maximum atomic E-state index is 14.5. The first-order valence-electron chi connectivity index (χ1n) is 7.41. The fourth-order valence-corrected chi connectivity index (χ4v) is 2.60. The molecular formula is C15H21FN3O4+. The van der Waals surface area contributed by atoms with Gasteiger partial charge in [-0.3, -0.25) is 10.1 Å². The topological polar surface area (TPSA) is 81.5 Å². The van der Waals surface area contributed by atoms with Crippen LogP contribution in [-0.4, -0.2) is 42.8 Å². The Kier molecular flexibility index (Phi) is 4.67. The minimum absolute atomic E-state index is 0.103. The lowest BCUT2D eigenvalue weighted by molar-refractivity contribution is -0.385. The summed E-state index contributed by atoms with van der Waals surface area (Å²) in [4.78, 5) is 22.8. The maximum absolute atomic E-state index is 14.5. The van der Waals surface area contributed by atoms with Gasteiger partial charge in [0.25, 0.3) is 5.69 Å². The summed E-state index contributed by atoms with van der Waals surface area (Å²) >= 11 is 0. The Morgan fingerprint density at radius 3 is 2.43 bits per heavy atom. The molecule has 1 aliphatic rings. The van der Waals surface area contributed by atoms with Crippen molar-refractivity contribution in [1.82, 2.24) is 9.80 Å². The molecule has 23 heavy (non-hydrogen) atoms. The molecule has 1 saturated heterocycles. The van der Waals surface area contributed by atoms with E-state index in [2.05, 4.69) is 5.32 Å². The lowest BCUT2D eigenvalue weighted by Gasteiger charge is -2.38. The summed E-state index contributed by atoms with van der Waals surface area (Å²) in [5.74, 6) is -0.771. The third-order valence-electron chi connectivity index (χ3n) is 3.69. The summed E-state index contributed by atoms with van der Waals surface area (Å²) in [6.45, 7) is 6.93. The molecule has 0 unspecified atom stereocenters. The first-order valence-corrected chi connectivity index (χ1v) is 7.41. The number of nitro benzene ring substituents is 1. The molecule has 126 valence electrons. The van der Waals surface area contributed by atoms with E-state index in [0.717, 1.165) is 6.07 Å². The van der Waals surface area contributed by atoms with Crippen LogP contribution < -0.4 is 9.80 Å². The van der Waals surface area contributed by atoms with Crippen molar-refractivity contribution in [2.75, 3.05) is 26.2 Å². The van der Waals surface area contributed by atoms with Crippen LogP contribution in [0.5, 0.6) is 0 Å². The highest BCUT2D eigenvalue weighted by Crippen LogP contribution is 2.32. The first-order chi connectivity index (χ1) is 10.7. The standard InChI is InChI=1S/C15H21FN3O4/c1-15(2,3)23-14(20)19(8-6-17-7-9-19)13-5-4-11(18(21)22)10-12(13)16/h4-5,10,17H,6-9H2,1-3H3/q+1. The van der Waals surface area contributed by atoms with Crippen molar-refractivity contribution < 1.29 is 18.8 Å². The second kappa shape index (κ2) is 6.21. The number of piperazine rings is 1. The highest BCUT2D eigenvalue weighted by atomic mass is 19.1. The van der Waals surface area contributed by atoms with Crippen molar-refractivity contribution in [3.8, 4) is 0 Å². The van der Waals surface area contributed by atoms with Gasteiger partial charge in [0.05, 0.1) is 11.0 Å². The highest BCUT2D eigenvalue weighted by Gasteiger charge is 2.46. The lowest BCUT2D eigenvalue weighted by atomic mass is 10.1. The fourth-order valence-electron chi connectivity index (χ4n) is 2.60. The van der Waals surface area contributed by atoms with Gasteiger partial charge >= 0.3 is 6.09 Å². The van der Waals surface area contributed by atoms with Gasteiger partial charge in [-0.1, -0.05) is 0 Å². The van der Waals surface area contributed by atoms with Crippen LogP contribution in [0.25, 0.3) is 0 Å². The summed E-state index contributed by atoms with van der Waals surface area (Å²) in [5, 5.41) is 13.9. The minimum atomic E-state index is -0.771. The van der Waals surface area contributed by atoms with E-state index in [1.54, 1.807) is 20.8 Å². The van der Waals surface area contributed by atoms with E-state index in [1.807, 2.05) is 0 Å². The predicted octanol–water partition coefficient (Wildman–Crippen LogP) is 2.58. The number of carbonyl (C=O) groups excluding carboxylic acids is 1. The summed E-state index contributed by atoms with van der Waals surface area (Å²) < 4.78 is 19.6. The molecule has 0 radical (unpaired) electrons. The molecule has 1 heterocycles. The minimum Gasteiger partial charge on any atom is -0.414 e. The smallest absolute Gasteiger partial charge is 0.414 e. The van der Waals surface area contributed by atoms with Crippen molar-refractivity contribution in [3.63, 3.8) is 0 Å². The Bertz CT molecular complexity index is 622. The Hall–Kier alpha value is -2.06. The van der Waals surface area contributed by atoms with Crippen molar-refractivity contribution >= 4 is 17.5 Å². The van der Waals surface area contributed by atoms with Gasteiger partial charge in [-0.15, -0.1) is 0 Å². The van der Waals surface area contributed by atoms with Crippen molar-refractivity contribution in [1.29, 1.82) is 0 Å². The average Bonchev–Trinajstić information content (AvgIpc) is 2.46. The van der Waals surface area contributed by atoms with Crippen LogP contribution in [-0.2, 0) is 4.74 Å². The van der Waals surface area contributed by atoms with Gasteiger partial charge in [0.15, 0.2) is 11.5 Å². The number of nitrogens with one attached hydrogen (secondary N) is 1. The molecule has 8 heteroatoms. The first kappa shape index (κ1) is 17.3. The molecule has 1 aromatic carbocycles. The number of amides is 1. The quantitative estimate of drug-likeness (QED) is 0.513. The summed E-state index contributed by atoms with van der Waals surface area (Å²) in [6.07, 6.45) is -0.549. The van der Waals surface area contributed by atoms with E-state index in [-0.39, 0.29) is 15.9 Å². The number of hydrogen-bond acceptors (Lipinski definition) is 5. The predicted molar refractivity (Wildman–Crippen MR) is 83.7 cm³/mol. The normalized spacial score (nSPS) is 17.6.